The van der Waals surface area contributed by atoms with Gasteiger partial charge in [-0.2, -0.15) is 0 Å². The number of cyclic esters (lactones) is 1. The fourth-order valence-electron chi connectivity index (χ4n) is 8.20. The molecule has 0 spiro atoms. The van der Waals surface area contributed by atoms with E-state index in [0.717, 1.165) is 40.3 Å². The van der Waals surface area contributed by atoms with Crippen LogP contribution < -0.4 is 0 Å². The number of aromatic nitrogens is 2. The number of halogens is 2. The quantitative estimate of drug-likeness (QED) is 0.0429. The molecule has 4 nitrogen and oxygen atoms in total. The van der Waals surface area contributed by atoms with Gasteiger partial charge in [-0.3, -0.25) is 0 Å². The molecular formula is C42H50I2N2O2. The lowest BCUT2D eigenvalue weighted by Crippen LogP contribution is -2.31. The number of hydrogen-bond acceptors (Lipinski definition) is 2. The Morgan fingerprint density at radius 3 is 1.56 bits per heavy atom. The van der Waals surface area contributed by atoms with E-state index in [-0.39, 0.29) is 5.97 Å². The highest BCUT2D eigenvalue weighted by molar-refractivity contribution is 14.1. The molecule has 254 valence electrons. The Kier molecular flexibility index (Phi) is 11.6. The highest BCUT2D eigenvalue weighted by atomic mass is 127. The molecule has 0 fully saturated rings. The Balaban J connectivity index is 1.57. The van der Waals surface area contributed by atoms with Crippen LogP contribution in [0.3, 0.4) is 0 Å². The maximum absolute atomic E-state index is 14.0. The molecule has 2 aromatic heterocycles. The zero-order valence-electron chi connectivity index (χ0n) is 29.0. The summed E-state index contributed by atoms with van der Waals surface area (Å²) in [6.07, 6.45) is 14.9. The largest absolute Gasteiger partial charge is 0.440 e. The predicted molar refractivity (Wildman–Crippen MR) is 218 cm³/mol. The summed E-state index contributed by atoms with van der Waals surface area (Å²) in [7, 11) is 0. The molecule has 0 aliphatic carbocycles. The van der Waals surface area contributed by atoms with Crippen LogP contribution in [-0.2, 0) is 10.3 Å². The summed E-state index contributed by atoms with van der Waals surface area (Å²) >= 11 is 5.29. The van der Waals surface area contributed by atoms with Crippen molar-refractivity contribution in [2.45, 2.75) is 118 Å². The van der Waals surface area contributed by atoms with Crippen LogP contribution in [0.25, 0.3) is 21.8 Å². The van der Waals surface area contributed by atoms with Crippen LogP contribution in [0.2, 0.25) is 0 Å². The van der Waals surface area contributed by atoms with E-state index in [9.17, 15) is 4.79 Å². The topological polar surface area (TPSA) is 36.2 Å². The third-order valence-electron chi connectivity index (χ3n) is 10.4. The summed E-state index contributed by atoms with van der Waals surface area (Å²) in [4.78, 5) is 14.0. The second kappa shape index (κ2) is 15.7. The molecular weight excluding hydrogens is 818 g/mol. The molecule has 3 aromatic carbocycles. The first-order chi connectivity index (χ1) is 23.4. The van der Waals surface area contributed by atoms with Gasteiger partial charge >= 0.3 is 5.97 Å². The van der Waals surface area contributed by atoms with Crippen molar-refractivity contribution in [2.24, 2.45) is 0 Å². The molecule has 6 heteroatoms. The molecule has 0 bridgehead atoms. The molecule has 48 heavy (non-hydrogen) atoms. The number of nitrogens with zero attached hydrogens (tertiary/aromatic N) is 2. The first-order valence-corrected chi connectivity index (χ1v) is 20.7. The van der Waals surface area contributed by atoms with E-state index in [0.29, 0.717) is 13.7 Å². The van der Waals surface area contributed by atoms with Crippen LogP contribution in [0.5, 0.6) is 0 Å². The van der Waals surface area contributed by atoms with Gasteiger partial charge in [0.15, 0.2) is 5.60 Å². The van der Waals surface area contributed by atoms with E-state index in [2.05, 4.69) is 143 Å². The van der Waals surface area contributed by atoms with Gasteiger partial charge in [0, 0.05) is 49.9 Å². The van der Waals surface area contributed by atoms with Crippen molar-refractivity contribution in [3.8, 4) is 0 Å². The van der Waals surface area contributed by atoms with Gasteiger partial charge in [0.2, 0.25) is 0 Å². The molecule has 0 saturated carbocycles. The lowest BCUT2D eigenvalue weighted by molar-refractivity contribution is 0.0255. The molecule has 5 aromatic rings. The van der Waals surface area contributed by atoms with Crippen molar-refractivity contribution in [2.75, 3.05) is 0 Å². The molecule has 1 aliphatic heterocycles. The smallest absolute Gasteiger partial charge is 0.340 e. The average Bonchev–Trinajstić information content (AvgIpc) is 3.68. The van der Waals surface area contributed by atoms with E-state index < -0.39 is 5.60 Å². The molecule has 1 aliphatic rings. The van der Waals surface area contributed by atoms with Crippen molar-refractivity contribution in [1.82, 2.24) is 9.13 Å². The number of para-hydroxylation sites is 2. The Morgan fingerprint density at radius 2 is 1.06 bits per heavy atom. The van der Waals surface area contributed by atoms with Gasteiger partial charge in [0.05, 0.1) is 13.7 Å². The number of alkyl halides is 2. The van der Waals surface area contributed by atoms with Crippen molar-refractivity contribution in [1.29, 1.82) is 0 Å². The lowest BCUT2D eigenvalue weighted by atomic mass is 9.77. The number of esters is 1. The fourth-order valence-corrected chi connectivity index (χ4v) is 10.5. The van der Waals surface area contributed by atoms with E-state index in [1.807, 2.05) is 12.1 Å². The number of benzene rings is 3. The first-order valence-electron chi connectivity index (χ1n) is 18.2. The molecule has 2 unspecified atom stereocenters. The van der Waals surface area contributed by atoms with E-state index in [4.69, 9.17) is 4.74 Å². The summed E-state index contributed by atoms with van der Waals surface area (Å²) in [6.45, 7) is 9.05. The molecule has 3 heterocycles. The Bertz CT molecular complexity index is 1780. The Hall–Kier alpha value is -2.33. The van der Waals surface area contributed by atoms with E-state index in [1.165, 1.54) is 86.6 Å². The van der Waals surface area contributed by atoms with Crippen molar-refractivity contribution in [3.63, 3.8) is 0 Å². The van der Waals surface area contributed by atoms with Crippen LogP contribution in [0.4, 0.5) is 0 Å². The second-order valence-electron chi connectivity index (χ2n) is 13.6. The summed E-state index contributed by atoms with van der Waals surface area (Å²) < 4.78 is 12.6. The first kappa shape index (κ1) is 35.5. The maximum atomic E-state index is 14.0. The minimum absolute atomic E-state index is 0.248. The molecule has 2 atom stereocenters. The zero-order chi connectivity index (χ0) is 33.8. The normalized spacial score (nSPS) is 17.2. The maximum Gasteiger partial charge on any atom is 0.340 e. The molecule has 6 rings (SSSR count). The average molecular weight is 869 g/mol. The van der Waals surface area contributed by atoms with Crippen LogP contribution >= 0.6 is 45.2 Å². The molecule has 0 N–H and O–H groups in total. The number of carbonyl (C=O) groups excluding carboxylic acids is 1. The van der Waals surface area contributed by atoms with Gasteiger partial charge in [-0.05, 0) is 44.9 Å². The van der Waals surface area contributed by atoms with Crippen molar-refractivity contribution < 1.29 is 9.53 Å². The van der Waals surface area contributed by atoms with E-state index >= 15 is 0 Å². The van der Waals surface area contributed by atoms with Crippen LogP contribution in [0, 0.1) is 13.8 Å². The highest BCUT2D eigenvalue weighted by Crippen LogP contribution is 2.55. The standard InChI is InChI=1S/C42H50I2N2O2/c1-5-7-9-11-13-27-37(43)45-29(3)39(32-22-16-19-25-35(32)45)42(34-24-18-15-21-31(34)41(47)48-42)40-30(4)46(36-26-20-17-23-33(36)40)38(44)28-14-12-10-8-6-2/h15-26,37-38H,5-14,27-28H2,1-4H3. The number of fused-ring (bicyclic) bond motifs is 3. The van der Waals surface area contributed by atoms with Gasteiger partial charge in [-0.1, -0.05) is 178 Å². The van der Waals surface area contributed by atoms with Gasteiger partial charge in [0.1, 0.15) is 0 Å². The summed E-state index contributed by atoms with van der Waals surface area (Å²) in [5.41, 5.74) is 7.48. The number of rotatable bonds is 16. The molecule has 0 radical (unpaired) electrons. The fraction of sp³-hybridized carbons (Fsp3) is 0.452. The van der Waals surface area contributed by atoms with Gasteiger partial charge in [0.25, 0.3) is 0 Å². The summed E-state index contributed by atoms with van der Waals surface area (Å²) in [6, 6.07) is 25.6. The third kappa shape index (κ3) is 6.38. The number of hydrogen-bond donors (Lipinski definition) is 0. The second-order valence-corrected chi connectivity index (χ2v) is 16.5. The summed E-state index contributed by atoms with van der Waals surface area (Å²) in [5.74, 6) is -0.248. The van der Waals surface area contributed by atoms with Crippen LogP contribution in [-0.4, -0.2) is 15.1 Å². The third-order valence-corrected chi connectivity index (χ3v) is 12.8. The summed E-state index contributed by atoms with van der Waals surface area (Å²) in [5, 5.41) is 2.32. The predicted octanol–water partition coefficient (Wildman–Crippen LogP) is 13.3. The van der Waals surface area contributed by atoms with Crippen molar-refractivity contribution >= 4 is 73.0 Å². The minimum atomic E-state index is -1.08. The Labute approximate surface area is 314 Å². The number of unbranched alkanes of at least 4 members (excludes halogenated alkanes) is 8. The zero-order valence-corrected chi connectivity index (χ0v) is 33.4. The highest BCUT2D eigenvalue weighted by Gasteiger charge is 2.53. The van der Waals surface area contributed by atoms with Crippen LogP contribution in [0.1, 0.15) is 137 Å². The number of ether oxygens (including phenoxy) is 1. The monoisotopic (exact) mass is 868 g/mol. The van der Waals surface area contributed by atoms with Crippen LogP contribution in [0.15, 0.2) is 72.8 Å². The molecule has 0 saturated heterocycles. The van der Waals surface area contributed by atoms with Gasteiger partial charge < -0.3 is 13.9 Å². The SMILES string of the molecule is CCCCCCCC(I)n1c(C)c(C2(c3c(C)n(C(I)CCCCCCC)c4ccccc34)OC(=O)c3ccccc32)c2ccccc21. The molecule has 0 amide bonds. The van der Waals surface area contributed by atoms with Gasteiger partial charge in [-0.25, -0.2) is 4.79 Å². The number of carbonyl (C=O) groups is 1. The Morgan fingerprint density at radius 1 is 0.625 bits per heavy atom. The van der Waals surface area contributed by atoms with Crippen molar-refractivity contribution in [3.05, 3.63) is 106 Å². The van der Waals surface area contributed by atoms with Gasteiger partial charge in [-0.15, -0.1) is 0 Å². The minimum Gasteiger partial charge on any atom is -0.440 e. The lowest BCUT2D eigenvalue weighted by Gasteiger charge is -2.32. The van der Waals surface area contributed by atoms with E-state index in [1.54, 1.807) is 0 Å².